The fourth-order valence-corrected chi connectivity index (χ4v) is 2.64. The molecule has 6 heteroatoms. The zero-order valence-electron chi connectivity index (χ0n) is 10.6. The summed E-state index contributed by atoms with van der Waals surface area (Å²) in [5.41, 5.74) is 1.61. The Morgan fingerprint density at radius 3 is 2.60 bits per heavy atom. The molecular weight excluding hydrogens is 279 g/mol. The first kappa shape index (κ1) is 12.8. The molecule has 0 spiro atoms. The van der Waals surface area contributed by atoms with E-state index in [-0.39, 0.29) is 10.5 Å². The van der Waals surface area contributed by atoms with Crippen LogP contribution in [0.1, 0.15) is 0 Å². The summed E-state index contributed by atoms with van der Waals surface area (Å²) in [6, 6.07) is 11.0. The summed E-state index contributed by atoms with van der Waals surface area (Å²) >= 11 is 0. The van der Waals surface area contributed by atoms with Crippen LogP contribution in [0.4, 0.5) is 4.39 Å². The summed E-state index contributed by atoms with van der Waals surface area (Å²) in [5.74, 6) is -0.203. The van der Waals surface area contributed by atoms with Crippen LogP contribution >= 0.6 is 0 Å². The topological polar surface area (TPSA) is 62.8 Å². The normalized spacial score (nSPS) is 11.9. The van der Waals surface area contributed by atoms with Crippen LogP contribution in [0.5, 0.6) is 0 Å². The van der Waals surface area contributed by atoms with Crippen LogP contribution in [0, 0.1) is 5.82 Å². The Balaban J connectivity index is 2.23. The molecule has 1 aromatic heterocycles. The Labute approximate surface area is 115 Å². The van der Waals surface area contributed by atoms with Crippen molar-refractivity contribution in [3.8, 4) is 11.4 Å². The van der Waals surface area contributed by atoms with Crippen molar-refractivity contribution in [2.45, 2.75) is 4.90 Å². The number of H-pyrrole nitrogens is 1. The summed E-state index contributed by atoms with van der Waals surface area (Å²) in [6.45, 7) is 0. The molecule has 0 radical (unpaired) electrons. The van der Waals surface area contributed by atoms with Crippen molar-refractivity contribution in [3.05, 3.63) is 48.3 Å². The van der Waals surface area contributed by atoms with Crippen molar-refractivity contribution in [2.75, 3.05) is 6.26 Å². The number of halogens is 1. The van der Waals surface area contributed by atoms with Gasteiger partial charge in [-0.3, -0.25) is 0 Å². The molecule has 102 valence electrons. The minimum Gasteiger partial charge on any atom is -0.338 e. The van der Waals surface area contributed by atoms with Crippen molar-refractivity contribution in [3.63, 3.8) is 0 Å². The molecule has 0 atom stereocenters. The number of aromatic amines is 1. The van der Waals surface area contributed by atoms with E-state index in [1.165, 1.54) is 12.1 Å². The Hall–Kier alpha value is -2.21. The van der Waals surface area contributed by atoms with Crippen LogP contribution in [-0.2, 0) is 9.84 Å². The highest BCUT2D eigenvalue weighted by Gasteiger charge is 2.14. The van der Waals surface area contributed by atoms with Crippen molar-refractivity contribution >= 4 is 20.9 Å². The predicted molar refractivity (Wildman–Crippen MR) is 74.6 cm³/mol. The van der Waals surface area contributed by atoms with Gasteiger partial charge in [-0.05, 0) is 30.3 Å². The molecule has 0 bridgehead atoms. The summed E-state index contributed by atoms with van der Waals surface area (Å²) in [6.07, 6.45) is 1.09. The van der Waals surface area contributed by atoms with Crippen LogP contribution in [-0.4, -0.2) is 24.6 Å². The number of hydrogen-bond donors (Lipinski definition) is 1. The second-order valence-electron chi connectivity index (χ2n) is 4.52. The maximum atomic E-state index is 13.9. The van der Waals surface area contributed by atoms with Crippen LogP contribution < -0.4 is 0 Å². The molecule has 3 rings (SSSR count). The number of benzene rings is 2. The Bertz CT molecular complexity index is 867. The number of sulfone groups is 1. The minimum atomic E-state index is -3.39. The van der Waals surface area contributed by atoms with E-state index in [0.717, 1.165) is 17.8 Å². The maximum absolute atomic E-state index is 13.9. The number of fused-ring (bicyclic) bond motifs is 1. The molecule has 0 aliphatic heterocycles. The smallest absolute Gasteiger partial charge is 0.175 e. The summed E-state index contributed by atoms with van der Waals surface area (Å²) in [4.78, 5) is 7.33. The van der Waals surface area contributed by atoms with Gasteiger partial charge < -0.3 is 4.98 Å². The van der Waals surface area contributed by atoms with Gasteiger partial charge >= 0.3 is 0 Å². The molecule has 20 heavy (non-hydrogen) atoms. The van der Waals surface area contributed by atoms with E-state index >= 15 is 0 Å². The molecule has 0 saturated carbocycles. The van der Waals surface area contributed by atoms with Gasteiger partial charge in [0.2, 0.25) is 0 Å². The molecule has 0 unspecified atom stereocenters. The van der Waals surface area contributed by atoms with Gasteiger partial charge in [0.25, 0.3) is 0 Å². The van der Waals surface area contributed by atoms with E-state index in [2.05, 4.69) is 9.97 Å². The largest absolute Gasteiger partial charge is 0.338 e. The van der Waals surface area contributed by atoms with Gasteiger partial charge in [-0.1, -0.05) is 12.1 Å². The SMILES string of the molecule is CS(=O)(=O)c1ccc(F)c(-c2nc3ccccc3[nH]2)c1. The summed E-state index contributed by atoms with van der Waals surface area (Å²) in [5, 5.41) is 0. The van der Waals surface area contributed by atoms with E-state index in [1.807, 2.05) is 18.2 Å². The van der Waals surface area contributed by atoms with E-state index < -0.39 is 15.7 Å². The highest BCUT2D eigenvalue weighted by molar-refractivity contribution is 7.90. The van der Waals surface area contributed by atoms with Gasteiger partial charge in [0, 0.05) is 6.26 Å². The minimum absolute atomic E-state index is 0.0642. The van der Waals surface area contributed by atoms with Gasteiger partial charge in [0.15, 0.2) is 9.84 Å². The number of imidazole rings is 1. The number of nitrogens with one attached hydrogen (secondary N) is 1. The Morgan fingerprint density at radius 1 is 1.15 bits per heavy atom. The molecule has 3 aromatic rings. The Morgan fingerprint density at radius 2 is 1.90 bits per heavy atom. The van der Waals surface area contributed by atoms with E-state index in [1.54, 1.807) is 6.07 Å². The Kier molecular flexibility index (Phi) is 2.83. The average molecular weight is 290 g/mol. The van der Waals surface area contributed by atoms with E-state index in [9.17, 15) is 12.8 Å². The quantitative estimate of drug-likeness (QED) is 0.738. The van der Waals surface area contributed by atoms with Crippen molar-refractivity contribution in [1.29, 1.82) is 0 Å². The lowest BCUT2D eigenvalue weighted by atomic mass is 10.2. The van der Waals surface area contributed by atoms with Gasteiger partial charge in [0.05, 0.1) is 21.5 Å². The molecule has 0 fully saturated rings. The van der Waals surface area contributed by atoms with Gasteiger partial charge in [0.1, 0.15) is 11.6 Å². The summed E-state index contributed by atoms with van der Waals surface area (Å²) < 4.78 is 37.0. The second-order valence-corrected chi connectivity index (χ2v) is 6.53. The van der Waals surface area contributed by atoms with Crippen molar-refractivity contribution in [1.82, 2.24) is 9.97 Å². The molecule has 4 nitrogen and oxygen atoms in total. The zero-order valence-corrected chi connectivity index (χ0v) is 11.4. The second kappa shape index (κ2) is 4.42. The first-order chi connectivity index (χ1) is 9.45. The van der Waals surface area contributed by atoms with Crippen molar-refractivity contribution in [2.24, 2.45) is 0 Å². The molecule has 0 saturated heterocycles. The standard InChI is InChI=1S/C14H11FN2O2S/c1-20(18,19)9-6-7-11(15)10(8-9)14-16-12-4-2-3-5-13(12)17-14/h2-8H,1H3,(H,16,17). The van der Waals surface area contributed by atoms with Crippen LogP contribution in [0.2, 0.25) is 0 Å². The number of para-hydroxylation sites is 2. The monoisotopic (exact) mass is 290 g/mol. The molecule has 2 aromatic carbocycles. The number of rotatable bonds is 2. The van der Waals surface area contributed by atoms with Crippen LogP contribution in [0.25, 0.3) is 22.4 Å². The molecule has 0 aliphatic carbocycles. The maximum Gasteiger partial charge on any atom is 0.175 e. The number of aromatic nitrogens is 2. The molecule has 1 N–H and O–H groups in total. The van der Waals surface area contributed by atoms with Crippen molar-refractivity contribution < 1.29 is 12.8 Å². The lowest BCUT2D eigenvalue weighted by molar-refractivity contribution is 0.600. The van der Waals surface area contributed by atoms with Gasteiger partial charge in [-0.2, -0.15) is 0 Å². The van der Waals surface area contributed by atoms with Crippen LogP contribution in [0.15, 0.2) is 47.4 Å². The zero-order chi connectivity index (χ0) is 14.3. The van der Waals surface area contributed by atoms with Gasteiger partial charge in [-0.15, -0.1) is 0 Å². The first-order valence-corrected chi connectivity index (χ1v) is 7.79. The molecule has 0 amide bonds. The molecular formula is C14H11FN2O2S. The fraction of sp³-hybridized carbons (Fsp3) is 0.0714. The molecule has 1 heterocycles. The van der Waals surface area contributed by atoms with Gasteiger partial charge in [-0.25, -0.2) is 17.8 Å². The highest BCUT2D eigenvalue weighted by Crippen LogP contribution is 2.25. The van der Waals surface area contributed by atoms with E-state index in [0.29, 0.717) is 11.3 Å². The number of hydrogen-bond acceptors (Lipinski definition) is 3. The third-order valence-corrected chi connectivity index (χ3v) is 4.12. The first-order valence-electron chi connectivity index (χ1n) is 5.90. The molecule has 0 aliphatic rings. The van der Waals surface area contributed by atoms with Crippen LogP contribution in [0.3, 0.4) is 0 Å². The lowest BCUT2D eigenvalue weighted by Crippen LogP contribution is -1.98. The third kappa shape index (κ3) is 2.18. The predicted octanol–water partition coefficient (Wildman–Crippen LogP) is 2.77. The van der Waals surface area contributed by atoms with E-state index in [4.69, 9.17) is 0 Å². The average Bonchev–Trinajstić information content (AvgIpc) is 2.81. The lowest BCUT2D eigenvalue weighted by Gasteiger charge is -2.03. The highest BCUT2D eigenvalue weighted by atomic mass is 32.2. The summed E-state index contributed by atoms with van der Waals surface area (Å²) in [7, 11) is -3.39. The number of nitrogens with zero attached hydrogens (tertiary/aromatic N) is 1. The third-order valence-electron chi connectivity index (χ3n) is 3.01. The fourth-order valence-electron chi connectivity index (χ4n) is 2.00.